The van der Waals surface area contributed by atoms with Crippen molar-refractivity contribution in [1.29, 1.82) is 0 Å². The number of hydrogen-bond donors (Lipinski definition) is 3. The molecule has 0 atom stereocenters. The average Bonchev–Trinajstić information content (AvgIpc) is 1.27. The molecule has 0 aromatic heterocycles. The summed E-state index contributed by atoms with van der Waals surface area (Å²) in [5, 5.41) is 22.9. The van der Waals surface area contributed by atoms with Crippen molar-refractivity contribution >= 4 is 13.5 Å². The Morgan fingerprint density at radius 1 is 1.57 bits per heavy atom. The van der Waals surface area contributed by atoms with Crippen molar-refractivity contribution in [3.63, 3.8) is 0 Å². The zero-order chi connectivity index (χ0) is 5.86. The second-order valence-corrected chi connectivity index (χ2v) is 0.710. The Bertz CT molecular complexity index is 68.5. The van der Waals surface area contributed by atoms with Gasteiger partial charge in [0.2, 0.25) is 0 Å². The summed E-state index contributed by atoms with van der Waals surface area (Å²) in [6, 6.07) is 0. The van der Waals surface area contributed by atoms with Crippen LogP contribution in [0.5, 0.6) is 0 Å². The zero-order valence-electron chi connectivity index (χ0n) is 3.24. The van der Waals surface area contributed by atoms with Crippen LogP contribution in [-0.2, 0) is 4.65 Å². The van der Waals surface area contributed by atoms with E-state index in [1.54, 1.807) is 0 Å². The molecule has 0 aliphatic heterocycles. The van der Waals surface area contributed by atoms with Crippen LogP contribution >= 0.6 is 0 Å². The van der Waals surface area contributed by atoms with Gasteiger partial charge in [-0.15, -0.1) is 0 Å². The lowest BCUT2D eigenvalue weighted by atomic mass is 10.3. The molecule has 0 aromatic carbocycles. The van der Waals surface area contributed by atoms with Gasteiger partial charge in [0.1, 0.15) is 0 Å². The molecule has 0 aliphatic carbocycles. The van der Waals surface area contributed by atoms with Crippen LogP contribution in [0.3, 0.4) is 0 Å². The van der Waals surface area contributed by atoms with Gasteiger partial charge < -0.3 is 19.8 Å². The van der Waals surface area contributed by atoms with Crippen LogP contribution in [0.4, 0.5) is 4.79 Å². The summed E-state index contributed by atoms with van der Waals surface area (Å²) in [5.74, 6) is 0. The standard InChI is InChI=1S/CH3BO5/c3-1(4)7-2(5)6/h5-6H,(H,3,4). The Kier molecular flexibility index (Phi) is 2.17. The predicted octanol–water partition coefficient (Wildman–Crippen LogP) is -1.35. The topological polar surface area (TPSA) is 87.0 Å². The first kappa shape index (κ1) is 6.25. The Morgan fingerprint density at radius 2 is 2.00 bits per heavy atom. The van der Waals surface area contributed by atoms with E-state index in [1.165, 1.54) is 0 Å². The minimum atomic E-state index is -2.22. The summed E-state index contributed by atoms with van der Waals surface area (Å²) in [7, 11) is -2.22. The summed E-state index contributed by atoms with van der Waals surface area (Å²) in [4.78, 5) is 9.27. The van der Waals surface area contributed by atoms with E-state index in [0.29, 0.717) is 0 Å². The first-order valence-corrected chi connectivity index (χ1v) is 1.38. The van der Waals surface area contributed by atoms with Gasteiger partial charge in [-0.1, -0.05) is 0 Å². The maximum absolute atomic E-state index is 9.27. The molecule has 0 amide bonds. The van der Waals surface area contributed by atoms with Gasteiger partial charge in [-0.25, -0.2) is 4.79 Å². The molecule has 0 unspecified atom stereocenters. The molecule has 0 saturated carbocycles. The second-order valence-electron chi connectivity index (χ2n) is 0.710. The third-order valence-corrected chi connectivity index (χ3v) is 0.206. The zero-order valence-corrected chi connectivity index (χ0v) is 3.24. The quantitative estimate of drug-likeness (QED) is 0.359. The summed E-state index contributed by atoms with van der Waals surface area (Å²) in [6.45, 7) is 0. The van der Waals surface area contributed by atoms with Gasteiger partial charge in [0.05, 0.1) is 0 Å². The third-order valence-electron chi connectivity index (χ3n) is 0.206. The van der Waals surface area contributed by atoms with Crippen molar-refractivity contribution in [2.45, 2.75) is 0 Å². The van der Waals surface area contributed by atoms with Gasteiger partial charge in [0.15, 0.2) is 0 Å². The van der Waals surface area contributed by atoms with Crippen molar-refractivity contribution < 1.29 is 24.6 Å². The fourth-order valence-electron chi connectivity index (χ4n) is 0.0902. The smallest absolute Gasteiger partial charge is 0.452 e. The minimum absolute atomic E-state index is 1.71. The lowest BCUT2D eigenvalue weighted by Crippen LogP contribution is -2.20. The first-order chi connectivity index (χ1) is 3.13. The minimum Gasteiger partial charge on any atom is -0.452 e. The van der Waals surface area contributed by atoms with E-state index in [9.17, 15) is 4.79 Å². The van der Waals surface area contributed by atoms with E-state index in [4.69, 9.17) is 15.2 Å². The summed E-state index contributed by atoms with van der Waals surface area (Å²) >= 11 is 0. The monoisotopic (exact) mass is 106 g/mol. The molecule has 6 heteroatoms. The second kappa shape index (κ2) is 2.43. The van der Waals surface area contributed by atoms with Crippen LogP contribution < -0.4 is 0 Å². The van der Waals surface area contributed by atoms with Gasteiger partial charge in [0, 0.05) is 0 Å². The van der Waals surface area contributed by atoms with Crippen molar-refractivity contribution in [2.24, 2.45) is 0 Å². The SMILES string of the molecule is O=C(O)OB(O)O. The van der Waals surface area contributed by atoms with Crippen LogP contribution in [0.1, 0.15) is 0 Å². The maximum atomic E-state index is 9.27. The van der Waals surface area contributed by atoms with Crippen LogP contribution in [0.25, 0.3) is 0 Å². The molecule has 7 heavy (non-hydrogen) atoms. The van der Waals surface area contributed by atoms with E-state index >= 15 is 0 Å². The Morgan fingerprint density at radius 3 is 2.00 bits per heavy atom. The highest BCUT2D eigenvalue weighted by Gasteiger charge is 2.13. The van der Waals surface area contributed by atoms with Crippen LogP contribution in [0, 0.1) is 0 Å². The van der Waals surface area contributed by atoms with Crippen LogP contribution in [-0.4, -0.2) is 28.6 Å². The predicted molar refractivity (Wildman–Crippen MR) is 19.3 cm³/mol. The summed E-state index contributed by atoms with van der Waals surface area (Å²) < 4.78 is 3.28. The molecule has 0 aliphatic rings. The Balaban J connectivity index is 3.13. The lowest BCUT2D eigenvalue weighted by Gasteiger charge is -1.91. The normalized spacial score (nSPS) is 7.71. The Labute approximate surface area is 39.3 Å². The number of carbonyl (C=O) groups is 1. The molecule has 0 rings (SSSR count). The van der Waals surface area contributed by atoms with Crippen molar-refractivity contribution in [1.82, 2.24) is 0 Å². The fraction of sp³-hybridized carbons (Fsp3) is 0. The van der Waals surface area contributed by atoms with E-state index in [1.807, 2.05) is 0 Å². The molecular weight excluding hydrogens is 103 g/mol. The van der Waals surface area contributed by atoms with Gasteiger partial charge in [-0.2, -0.15) is 0 Å². The first-order valence-electron chi connectivity index (χ1n) is 1.38. The van der Waals surface area contributed by atoms with E-state index in [-0.39, 0.29) is 0 Å². The number of rotatable bonds is 1. The molecule has 3 N–H and O–H groups in total. The highest BCUT2D eigenvalue weighted by molar-refractivity contribution is 6.35. The molecule has 5 nitrogen and oxygen atoms in total. The van der Waals surface area contributed by atoms with Gasteiger partial charge in [-0.05, 0) is 0 Å². The van der Waals surface area contributed by atoms with E-state index in [0.717, 1.165) is 0 Å². The van der Waals surface area contributed by atoms with Crippen LogP contribution in [0.15, 0.2) is 0 Å². The van der Waals surface area contributed by atoms with Gasteiger partial charge in [0.25, 0.3) is 0 Å². The molecule has 0 fully saturated rings. The highest BCUT2D eigenvalue weighted by atomic mass is 16.7. The molecule has 0 heterocycles. The molecule has 40 valence electrons. The van der Waals surface area contributed by atoms with Crippen LogP contribution in [0.2, 0.25) is 0 Å². The Hall–Kier alpha value is -0.745. The van der Waals surface area contributed by atoms with Gasteiger partial charge >= 0.3 is 13.5 Å². The number of carboxylic acid groups (broad SMARTS) is 1. The highest BCUT2D eigenvalue weighted by Crippen LogP contribution is 1.73. The largest absolute Gasteiger partial charge is 0.711 e. The van der Waals surface area contributed by atoms with E-state index in [2.05, 4.69) is 4.65 Å². The van der Waals surface area contributed by atoms with Gasteiger partial charge in [-0.3, -0.25) is 0 Å². The summed E-state index contributed by atoms with van der Waals surface area (Å²) in [5.41, 5.74) is 0. The summed E-state index contributed by atoms with van der Waals surface area (Å²) in [6.07, 6.45) is -1.71. The van der Waals surface area contributed by atoms with Crippen molar-refractivity contribution in [3.05, 3.63) is 0 Å². The molecule has 0 aromatic rings. The number of hydrogen-bond acceptors (Lipinski definition) is 4. The maximum Gasteiger partial charge on any atom is 0.711 e. The third kappa shape index (κ3) is 5.25. The molecule has 0 radical (unpaired) electrons. The molecule has 0 bridgehead atoms. The molecule has 0 spiro atoms. The van der Waals surface area contributed by atoms with E-state index < -0.39 is 13.5 Å². The van der Waals surface area contributed by atoms with Crippen molar-refractivity contribution in [2.75, 3.05) is 0 Å². The molecular formula is CH3BO5. The lowest BCUT2D eigenvalue weighted by molar-refractivity contribution is 0.120. The van der Waals surface area contributed by atoms with Crippen molar-refractivity contribution in [3.8, 4) is 0 Å². The molecule has 0 saturated heterocycles. The fourth-order valence-corrected chi connectivity index (χ4v) is 0.0902. The average molecular weight is 106 g/mol.